The van der Waals surface area contributed by atoms with Crippen LogP contribution in [0.4, 0.5) is 0 Å². The summed E-state index contributed by atoms with van der Waals surface area (Å²) in [7, 11) is 0. The van der Waals surface area contributed by atoms with Gasteiger partial charge in [0.1, 0.15) is 12.2 Å². The van der Waals surface area contributed by atoms with Crippen LogP contribution >= 0.6 is 0 Å². The minimum absolute atomic E-state index is 0.125. The molecule has 0 bridgehead atoms. The Kier molecular flexibility index (Phi) is 3.99. The molecule has 0 saturated heterocycles. The van der Waals surface area contributed by atoms with Crippen LogP contribution in [-0.4, -0.2) is 39.4 Å². The third-order valence-corrected chi connectivity index (χ3v) is 8.85. The van der Waals surface area contributed by atoms with Crippen molar-refractivity contribution in [2.24, 2.45) is 34.5 Å². The molecule has 4 nitrogen and oxygen atoms in total. The Balaban J connectivity index is 1.72. The molecule has 4 aliphatic rings. The maximum Gasteiger partial charge on any atom is 0.190 e. The molecule has 3 N–H and O–H groups in total. The Labute approximate surface area is 150 Å². The highest BCUT2D eigenvalue weighted by molar-refractivity contribution is 5.89. The van der Waals surface area contributed by atoms with Gasteiger partial charge in [0.05, 0.1) is 6.10 Å². The predicted octanol–water partition coefficient (Wildman–Crippen LogP) is 2.46. The molecule has 4 rings (SSSR count). The van der Waals surface area contributed by atoms with Crippen molar-refractivity contribution in [2.45, 2.75) is 70.5 Å². The molecule has 2 unspecified atom stereocenters. The Morgan fingerprint density at radius 2 is 1.96 bits per heavy atom. The Hall–Kier alpha value is -0.710. The van der Waals surface area contributed by atoms with E-state index in [1.165, 1.54) is 0 Å². The van der Waals surface area contributed by atoms with Gasteiger partial charge in [-0.15, -0.1) is 0 Å². The molecule has 3 fully saturated rings. The van der Waals surface area contributed by atoms with Gasteiger partial charge in [0.25, 0.3) is 0 Å². The second-order valence-electron chi connectivity index (χ2n) is 9.62. The summed E-state index contributed by atoms with van der Waals surface area (Å²) in [5, 5.41) is 31.8. The van der Waals surface area contributed by atoms with Gasteiger partial charge in [-0.25, -0.2) is 0 Å². The van der Waals surface area contributed by atoms with Crippen LogP contribution in [-0.2, 0) is 4.79 Å². The highest BCUT2D eigenvalue weighted by Gasteiger charge is 2.68. The summed E-state index contributed by atoms with van der Waals surface area (Å²) in [6.07, 6.45) is 10.3. The van der Waals surface area contributed by atoms with E-state index in [4.69, 9.17) is 0 Å². The molecular weight excluding hydrogens is 316 g/mol. The molecule has 0 aromatic rings. The number of ketones is 1. The predicted molar refractivity (Wildman–Crippen MR) is 94.7 cm³/mol. The molecule has 0 radical (unpaired) electrons. The molecule has 25 heavy (non-hydrogen) atoms. The van der Waals surface area contributed by atoms with Crippen molar-refractivity contribution in [1.82, 2.24) is 0 Å². The van der Waals surface area contributed by atoms with Gasteiger partial charge in [0.15, 0.2) is 5.78 Å². The maximum absolute atomic E-state index is 12.4. The van der Waals surface area contributed by atoms with Gasteiger partial charge in [0.2, 0.25) is 0 Å². The van der Waals surface area contributed by atoms with Crippen molar-refractivity contribution in [3.63, 3.8) is 0 Å². The molecule has 0 aromatic carbocycles. The van der Waals surface area contributed by atoms with Gasteiger partial charge < -0.3 is 15.3 Å². The molecule has 0 spiro atoms. The van der Waals surface area contributed by atoms with Gasteiger partial charge in [0, 0.05) is 5.41 Å². The standard InChI is InChI=1S/C21H32O4/c1-19-9-4-3-5-13(19)6-7-14-15-8-10-21(25,17(24)12-22)20(15,2)11-16(23)18(14)19/h3,5,13-16,18,22-23,25H,4,6-12H2,1-2H3/t13?,14-,15-,16?,18+,19-,20-,21-/m0/s1. The summed E-state index contributed by atoms with van der Waals surface area (Å²) < 4.78 is 0. The summed E-state index contributed by atoms with van der Waals surface area (Å²) in [6, 6.07) is 0. The summed E-state index contributed by atoms with van der Waals surface area (Å²) >= 11 is 0. The Morgan fingerprint density at radius 1 is 1.20 bits per heavy atom. The van der Waals surface area contributed by atoms with Crippen molar-refractivity contribution >= 4 is 5.78 Å². The first-order valence-electron chi connectivity index (χ1n) is 9.99. The number of allylic oxidation sites excluding steroid dienone is 2. The fourth-order valence-electron chi connectivity index (χ4n) is 7.55. The van der Waals surface area contributed by atoms with E-state index in [9.17, 15) is 20.1 Å². The first-order valence-corrected chi connectivity index (χ1v) is 9.99. The third-order valence-electron chi connectivity index (χ3n) is 8.85. The number of fused-ring (bicyclic) bond motifs is 5. The van der Waals surface area contributed by atoms with Crippen LogP contribution in [0.25, 0.3) is 0 Å². The Bertz CT molecular complexity index is 601. The molecule has 0 heterocycles. The minimum Gasteiger partial charge on any atom is -0.393 e. The van der Waals surface area contributed by atoms with Gasteiger partial charge in [-0.05, 0) is 74.0 Å². The zero-order valence-electron chi connectivity index (χ0n) is 15.4. The number of aliphatic hydroxyl groups is 3. The van der Waals surface area contributed by atoms with Crippen LogP contribution in [0.15, 0.2) is 12.2 Å². The third kappa shape index (κ3) is 2.14. The van der Waals surface area contributed by atoms with E-state index in [2.05, 4.69) is 19.1 Å². The van der Waals surface area contributed by atoms with E-state index in [0.717, 1.165) is 32.1 Å². The van der Waals surface area contributed by atoms with Crippen molar-refractivity contribution < 1.29 is 20.1 Å². The van der Waals surface area contributed by atoms with Gasteiger partial charge in [-0.2, -0.15) is 0 Å². The monoisotopic (exact) mass is 348 g/mol. The normalized spacial score (nSPS) is 54.5. The van der Waals surface area contributed by atoms with E-state index in [-0.39, 0.29) is 17.3 Å². The SMILES string of the molecule is C[C@]12CCC=CC1CC[C@@H]1[C@@H]2C(O)C[C@@]2(C)[C@H]1CC[C@]2(O)C(=O)CO. The number of hydrogen-bond acceptors (Lipinski definition) is 4. The quantitative estimate of drug-likeness (QED) is 0.670. The molecule has 0 amide bonds. The fraction of sp³-hybridized carbons (Fsp3) is 0.857. The second-order valence-corrected chi connectivity index (χ2v) is 9.62. The highest BCUT2D eigenvalue weighted by Crippen LogP contribution is 2.67. The average molecular weight is 348 g/mol. The number of hydrogen-bond donors (Lipinski definition) is 3. The summed E-state index contributed by atoms with van der Waals surface area (Å²) in [6.45, 7) is 3.71. The number of carbonyl (C=O) groups excluding carboxylic acids is 1. The topological polar surface area (TPSA) is 77.8 Å². The summed E-state index contributed by atoms with van der Waals surface area (Å²) in [5.41, 5.74) is -1.98. The smallest absolute Gasteiger partial charge is 0.190 e. The van der Waals surface area contributed by atoms with Crippen molar-refractivity contribution in [1.29, 1.82) is 0 Å². The first-order chi connectivity index (χ1) is 11.8. The lowest BCUT2D eigenvalue weighted by molar-refractivity contribution is -0.192. The summed E-state index contributed by atoms with van der Waals surface area (Å²) in [4.78, 5) is 12.4. The molecular formula is C21H32O4. The molecule has 4 aliphatic carbocycles. The second kappa shape index (κ2) is 5.64. The lowest BCUT2D eigenvalue weighted by Gasteiger charge is -2.61. The van der Waals surface area contributed by atoms with Crippen LogP contribution < -0.4 is 0 Å². The maximum atomic E-state index is 12.4. The van der Waals surface area contributed by atoms with Crippen molar-refractivity contribution in [3.05, 3.63) is 12.2 Å². The van der Waals surface area contributed by atoms with Crippen molar-refractivity contribution in [2.75, 3.05) is 6.61 Å². The van der Waals surface area contributed by atoms with Crippen LogP contribution in [0.1, 0.15) is 58.8 Å². The largest absolute Gasteiger partial charge is 0.393 e. The van der Waals surface area contributed by atoms with Crippen molar-refractivity contribution in [3.8, 4) is 0 Å². The number of carbonyl (C=O) groups is 1. The first kappa shape index (κ1) is 17.7. The molecule has 0 aliphatic heterocycles. The molecule has 0 aromatic heterocycles. The summed E-state index contributed by atoms with van der Waals surface area (Å²) in [5.74, 6) is 0.942. The van der Waals surface area contributed by atoms with E-state index in [1.54, 1.807) is 0 Å². The van der Waals surface area contributed by atoms with Crippen LogP contribution in [0, 0.1) is 34.5 Å². The molecule has 140 valence electrons. The van der Waals surface area contributed by atoms with Crippen LogP contribution in [0.2, 0.25) is 0 Å². The molecule has 3 saturated carbocycles. The van der Waals surface area contributed by atoms with Gasteiger partial charge in [-0.3, -0.25) is 4.79 Å². The van der Waals surface area contributed by atoms with Gasteiger partial charge >= 0.3 is 0 Å². The lowest BCUT2D eigenvalue weighted by atomic mass is 9.44. The van der Waals surface area contributed by atoms with E-state index in [1.807, 2.05) is 6.92 Å². The van der Waals surface area contributed by atoms with Crippen LogP contribution in [0.5, 0.6) is 0 Å². The van der Waals surface area contributed by atoms with Crippen LogP contribution in [0.3, 0.4) is 0 Å². The zero-order chi connectivity index (χ0) is 18.0. The van der Waals surface area contributed by atoms with E-state index < -0.39 is 29.5 Å². The molecule has 8 atom stereocenters. The minimum atomic E-state index is -1.48. The fourth-order valence-corrected chi connectivity index (χ4v) is 7.55. The average Bonchev–Trinajstić information content (AvgIpc) is 2.85. The lowest BCUT2D eigenvalue weighted by Crippen LogP contribution is -2.62. The zero-order valence-corrected chi connectivity index (χ0v) is 15.4. The van der Waals surface area contributed by atoms with E-state index in [0.29, 0.717) is 24.7 Å². The Morgan fingerprint density at radius 3 is 2.68 bits per heavy atom. The molecule has 4 heteroatoms. The number of aliphatic hydroxyl groups excluding tert-OH is 2. The number of Topliss-reactive ketones (excluding diaryl/α,β-unsaturated/α-hetero) is 1. The van der Waals surface area contributed by atoms with E-state index >= 15 is 0 Å². The highest BCUT2D eigenvalue weighted by atomic mass is 16.3. The number of rotatable bonds is 2. The van der Waals surface area contributed by atoms with Gasteiger partial charge in [-0.1, -0.05) is 26.0 Å².